The molecule has 2 heterocycles. The highest BCUT2D eigenvalue weighted by Crippen LogP contribution is 2.32. The average Bonchev–Trinajstić information content (AvgIpc) is 3.58. The number of benzene rings is 2. The highest BCUT2D eigenvalue weighted by molar-refractivity contribution is 7.15. The van der Waals surface area contributed by atoms with Gasteiger partial charge in [0.05, 0.1) is 22.8 Å². The van der Waals surface area contributed by atoms with E-state index in [1.807, 2.05) is 17.3 Å². The van der Waals surface area contributed by atoms with Crippen LogP contribution in [0, 0.1) is 5.41 Å². The molecule has 4 rings (SSSR count). The summed E-state index contributed by atoms with van der Waals surface area (Å²) >= 11 is 3.45. The molecule has 0 spiro atoms. The molecular formula is C33H42N4OS2. The average molecular weight is 575 g/mol. The second-order valence-electron chi connectivity index (χ2n) is 11.7. The second-order valence-corrected chi connectivity index (χ2v) is 13.9. The molecule has 0 fully saturated rings. The molecule has 0 aliphatic heterocycles. The van der Waals surface area contributed by atoms with Gasteiger partial charge in [0.15, 0.2) is 0 Å². The largest absolute Gasteiger partial charge is 0.336 e. The Balaban J connectivity index is 1.40. The smallest absolute Gasteiger partial charge is 0.223 e. The van der Waals surface area contributed by atoms with Crippen molar-refractivity contribution < 1.29 is 4.79 Å². The molecule has 4 aromatic rings. The molecule has 0 radical (unpaired) electrons. The summed E-state index contributed by atoms with van der Waals surface area (Å²) in [6.45, 7) is 14.0. The Morgan fingerprint density at radius 3 is 1.62 bits per heavy atom. The van der Waals surface area contributed by atoms with E-state index in [9.17, 15) is 4.79 Å². The highest BCUT2D eigenvalue weighted by atomic mass is 32.1. The Morgan fingerprint density at radius 1 is 0.725 bits per heavy atom. The Hall–Kier alpha value is -2.87. The summed E-state index contributed by atoms with van der Waals surface area (Å²) in [6.07, 6.45) is 6.58. The Kier molecular flexibility index (Phi) is 10.3. The maximum absolute atomic E-state index is 12.9. The first-order valence-electron chi connectivity index (χ1n) is 14.2. The third kappa shape index (κ3) is 8.32. The fourth-order valence-electron chi connectivity index (χ4n) is 4.67. The topological polar surface area (TPSA) is 49.3 Å². The van der Waals surface area contributed by atoms with E-state index in [4.69, 9.17) is 0 Å². The molecule has 212 valence electrons. The van der Waals surface area contributed by atoms with E-state index in [1.54, 1.807) is 22.7 Å². The first-order valence-corrected chi connectivity index (χ1v) is 15.9. The molecule has 0 saturated heterocycles. The number of rotatable bonds is 12. The van der Waals surface area contributed by atoms with Crippen molar-refractivity contribution in [3.63, 3.8) is 0 Å². The van der Waals surface area contributed by atoms with Crippen LogP contribution in [0.3, 0.4) is 0 Å². The van der Waals surface area contributed by atoms with Crippen LogP contribution in [-0.2, 0) is 17.9 Å². The van der Waals surface area contributed by atoms with Crippen molar-refractivity contribution in [2.75, 3.05) is 20.1 Å². The van der Waals surface area contributed by atoms with Gasteiger partial charge in [0.2, 0.25) is 5.91 Å². The minimum Gasteiger partial charge on any atom is -0.336 e. The summed E-state index contributed by atoms with van der Waals surface area (Å²) < 4.78 is 0. The summed E-state index contributed by atoms with van der Waals surface area (Å²) in [6, 6.07) is 17.4. The summed E-state index contributed by atoms with van der Waals surface area (Å²) in [7, 11) is 2.15. The molecule has 2 aromatic carbocycles. The predicted molar refractivity (Wildman–Crippen MR) is 170 cm³/mol. The second kappa shape index (κ2) is 13.7. The molecule has 0 unspecified atom stereocenters. The predicted octanol–water partition coefficient (Wildman–Crippen LogP) is 8.62. The molecule has 0 aliphatic rings. The number of hydrogen-bond donors (Lipinski definition) is 0. The number of thiazole rings is 2. The lowest BCUT2D eigenvalue weighted by atomic mass is 9.91. The van der Waals surface area contributed by atoms with Crippen molar-refractivity contribution in [3.8, 4) is 32.0 Å². The highest BCUT2D eigenvalue weighted by Gasteiger charge is 2.22. The third-order valence-electron chi connectivity index (χ3n) is 6.64. The van der Waals surface area contributed by atoms with Crippen LogP contribution >= 0.6 is 22.7 Å². The number of aromatic nitrogens is 2. The number of carbonyl (C=O) groups is 1. The Morgan fingerprint density at radius 2 is 1.18 bits per heavy atom. The minimum absolute atomic E-state index is 0.0188. The lowest BCUT2D eigenvalue weighted by Crippen LogP contribution is -2.33. The van der Waals surface area contributed by atoms with E-state index < -0.39 is 0 Å². The monoisotopic (exact) mass is 574 g/mol. The molecule has 0 aliphatic carbocycles. The molecule has 0 saturated carbocycles. The molecule has 2 aromatic heterocycles. The van der Waals surface area contributed by atoms with Gasteiger partial charge in [-0.3, -0.25) is 9.69 Å². The summed E-state index contributed by atoms with van der Waals surface area (Å²) in [5.74, 6) is 0.205. The van der Waals surface area contributed by atoms with Crippen LogP contribution in [0.2, 0.25) is 0 Å². The van der Waals surface area contributed by atoms with Gasteiger partial charge in [0, 0.05) is 25.4 Å². The van der Waals surface area contributed by atoms with Crippen molar-refractivity contribution in [1.82, 2.24) is 19.8 Å². The van der Waals surface area contributed by atoms with Crippen LogP contribution in [-0.4, -0.2) is 45.8 Å². The first kappa shape index (κ1) is 30.1. The zero-order valence-corrected chi connectivity index (χ0v) is 26.4. The lowest BCUT2D eigenvalue weighted by molar-refractivity contribution is -0.133. The standard InChI is InChI=1S/C33H42N4OS2/c1-7-17-36(6)22-30-34-20-28(39-30)26-13-9-24(10-14-26)25-11-15-27(16-12-25)29-21-35-31(40-29)23-37(18-8-2)32(38)19-33(3,4)5/h9-16,20-21H,7-8,17-19,22-23H2,1-6H3. The Bertz CT molecular complexity index is 1370. The van der Waals surface area contributed by atoms with E-state index in [1.165, 1.54) is 21.6 Å². The molecule has 5 nitrogen and oxygen atoms in total. The van der Waals surface area contributed by atoms with Gasteiger partial charge in [-0.05, 0) is 54.1 Å². The van der Waals surface area contributed by atoms with Crippen molar-refractivity contribution >= 4 is 28.6 Å². The number of nitrogens with zero attached hydrogens (tertiary/aromatic N) is 4. The summed E-state index contributed by atoms with van der Waals surface area (Å²) in [5.41, 5.74) is 4.72. The van der Waals surface area contributed by atoms with Gasteiger partial charge >= 0.3 is 0 Å². The van der Waals surface area contributed by atoms with Gasteiger partial charge in [0.1, 0.15) is 10.0 Å². The first-order chi connectivity index (χ1) is 19.1. The van der Waals surface area contributed by atoms with Crippen molar-refractivity contribution in [2.24, 2.45) is 5.41 Å². The van der Waals surface area contributed by atoms with Crippen molar-refractivity contribution in [2.45, 2.75) is 67.0 Å². The molecule has 7 heteroatoms. The fraction of sp³-hybridized carbons (Fsp3) is 0.424. The van der Waals surface area contributed by atoms with Crippen molar-refractivity contribution in [3.05, 3.63) is 70.9 Å². The van der Waals surface area contributed by atoms with Crippen LogP contribution in [0.15, 0.2) is 60.9 Å². The van der Waals surface area contributed by atoms with Crippen LogP contribution in [0.4, 0.5) is 0 Å². The van der Waals surface area contributed by atoms with Gasteiger partial charge in [-0.15, -0.1) is 22.7 Å². The zero-order valence-electron chi connectivity index (χ0n) is 24.7. The molecule has 0 N–H and O–H groups in total. The number of hydrogen-bond acceptors (Lipinski definition) is 6. The normalized spacial score (nSPS) is 11.8. The van der Waals surface area contributed by atoms with Crippen LogP contribution in [0.5, 0.6) is 0 Å². The van der Waals surface area contributed by atoms with Crippen LogP contribution in [0.1, 0.15) is 63.9 Å². The van der Waals surface area contributed by atoms with Gasteiger partial charge < -0.3 is 4.90 Å². The quantitative estimate of drug-likeness (QED) is 0.170. The van der Waals surface area contributed by atoms with Gasteiger partial charge in [-0.2, -0.15) is 0 Å². The van der Waals surface area contributed by atoms with Gasteiger partial charge in [-0.1, -0.05) is 83.1 Å². The molecule has 0 atom stereocenters. The van der Waals surface area contributed by atoms with E-state index in [0.717, 1.165) is 52.9 Å². The minimum atomic E-state index is -0.0188. The molecule has 1 amide bonds. The van der Waals surface area contributed by atoms with E-state index in [-0.39, 0.29) is 11.3 Å². The fourth-order valence-corrected chi connectivity index (χ4v) is 6.61. The van der Waals surface area contributed by atoms with E-state index in [0.29, 0.717) is 13.0 Å². The third-order valence-corrected chi connectivity index (χ3v) is 8.71. The maximum Gasteiger partial charge on any atom is 0.223 e. The van der Waals surface area contributed by atoms with Gasteiger partial charge in [0.25, 0.3) is 0 Å². The van der Waals surface area contributed by atoms with Crippen LogP contribution in [0.25, 0.3) is 32.0 Å². The van der Waals surface area contributed by atoms with E-state index >= 15 is 0 Å². The molecular weight excluding hydrogens is 533 g/mol. The molecule has 0 bridgehead atoms. The maximum atomic E-state index is 12.9. The van der Waals surface area contributed by atoms with E-state index in [2.05, 4.69) is 105 Å². The summed E-state index contributed by atoms with van der Waals surface area (Å²) in [4.78, 5) is 28.8. The zero-order chi connectivity index (χ0) is 28.7. The molecule has 40 heavy (non-hydrogen) atoms. The van der Waals surface area contributed by atoms with Gasteiger partial charge in [-0.25, -0.2) is 9.97 Å². The SMILES string of the molecule is CCCN(C)Cc1ncc(-c2ccc(-c3ccc(-c4cnc(CN(CCC)C(=O)CC(C)(C)C)s4)cc3)cc2)s1. The number of amides is 1. The number of carbonyl (C=O) groups excluding carboxylic acids is 1. The summed E-state index contributed by atoms with van der Waals surface area (Å²) in [5, 5.41) is 2.14. The Labute approximate surface area is 247 Å². The van der Waals surface area contributed by atoms with Crippen LogP contribution < -0.4 is 0 Å². The van der Waals surface area contributed by atoms with Crippen molar-refractivity contribution in [1.29, 1.82) is 0 Å². The lowest BCUT2D eigenvalue weighted by Gasteiger charge is -2.25.